The van der Waals surface area contributed by atoms with E-state index in [1.54, 1.807) is 7.11 Å². The summed E-state index contributed by atoms with van der Waals surface area (Å²) in [5.74, 6) is 2.44. The molecule has 2 aromatic carbocycles. The number of hydrogen-bond donors (Lipinski definition) is 0. The van der Waals surface area contributed by atoms with Crippen molar-refractivity contribution in [1.29, 1.82) is 0 Å². The number of rotatable bonds is 6. The Balaban J connectivity index is 1.42. The molecular weight excluding hydrogens is 314 g/mol. The van der Waals surface area contributed by atoms with Crippen molar-refractivity contribution in [3.8, 4) is 11.5 Å². The third-order valence-corrected chi connectivity index (χ3v) is 4.78. The predicted octanol–water partition coefficient (Wildman–Crippen LogP) is 4.02. The van der Waals surface area contributed by atoms with Crippen molar-refractivity contribution in [2.75, 3.05) is 26.8 Å². The first-order chi connectivity index (χ1) is 12.3. The summed E-state index contributed by atoms with van der Waals surface area (Å²) < 4.78 is 10.9. The second-order valence-electron chi connectivity index (χ2n) is 6.41. The van der Waals surface area contributed by atoms with Crippen LogP contribution in [0, 0.1) is 5.92 Å². The normalized spacial score (nSPS) is 15.0. The summed E-state index contributed by atoms with van der Waals surface area (Å²) in [7, 11) is 1.63. The number of nitrogens with zero attached hydrogens (tertiary/aromatic N) is 1. The lowest BCUT2D eigenvalue weighted by Crippen LogP contribution is -2.38. The first kappa shape index (κ1) is 17.3. The molecule has 0 saturated carbocycles. The maximum atomic E-state index is 12.6. The van der Waals surface area contributed by atoms with E-state index >= 15 is 0 Å². The number of para-hydroxylation sites is 1. The van der Waals surface area contributed by atoms with E-state index in [2.05, 4.69) is 0 Å². The van der Waals surface area contributed by atoms with Gasteiger partial charge in [0.25, 0.3) is 5.91 Å². The van der Waals surface area contributed by atoms with Gasteiger partial charge in [-0.25, -0.2) is 0 Å². The van der Waals surface area contributed by atoms with Gasteiger partial charge in [-0.15, -0.1) is 0 Å². The summed E-state index contributed by atoms with van der Waals surface area (Å²) in [6.45, 7) is 2.38. The monoisotopic (exact) mass is 339 g/mol. The summed E-state index contributed by atoms with van der Waals surface area (Å²) in [6.07, 6.45) is 3.12. The van der Waals surface area contributed by atoms with E-state index in [0.717, 1.165) is 56.0 Å². The van der Waals surface area contributed by atoms with E-state index in [1.165, 1.54) is 0 Å². The van der Waals surface area contributed by atoms with E-state index in [1.807, 2.05) is 59.5 Å². The first-order valence-corrected chi connectivity index (χ1v) is 8.87. The molecule has 2 aromatic rings. The molecule has 0 aromatic heterocycles. The van der Waals surface area contributed by atoms with Gasteiger partial charge in [-0.05, 0) is 61.6 Å². The van der Waals surface area contributed by atoms with E-state index in [0.29, 0.717) is 5.92 Å². The Morgan fingerprint density at radius 2 is 1.68 bits per heavy atom. The number of likely N-dealkylation sites (tertiary alicyclic amines) is 1. The van der Waals surface area contributed by atoms with Gasteiger partial charge in [0, 0.05) is 18.7 Å². The molecule has 1 saturated heterocycles. The molecule has 1 aliphatic heterocycles. The largest absolute Gasteiger partial charge is 0.497 e. The van der Waals surface area contributed by atoms with Gasteiger partial charge in [0.2, 0.25) is 0 Å². The van der Waals surface area contributed by atoms with Gasteiger partial charge in [0.05, 0.1) is 13.7 Å². The Bertz CT molecular complexity index is 661. The highest BCUT2D eigenvalue weighted by molar-refractivity contribution is 5.94. The van der Waals surface area contributed by atoms with Crippen LogP contribution in [0.25, 0.3) is 0 Å². The molecule has 0 aliphatic carbocycles. The van der Waals surface area contributed by atoms with Crippen molar-refractivity contribution in [2.24, 2.45) is 5.92 Å². The molecule has 0 bridgehead atoms. The van der Waals surface area contributed by atoms with Crippen molar-refractivity contribution in [3.05, 3.63) is 60.2 Å². The van der Waals surface area contributed by atoms with Crippen molar-refractivity contribution >= 4 is 5.91 Å². The molecule has 1 aliphatic rings. The zero-order valence-electron chi connectivity index (χ0n) is 14.7. The number of methoxy groups -OCH3 is 1. The average molecular weight is 339 g/mol. The van der Waals surface area contributed by atoms with Crippen LogP contribution in [0.15, 0.2) is 54.6 Å². The molecule has 25 heavy (non-hydrogen) atoms. The van der Waals surface area contributed by atoms with Crippen LogP contribution in [0.3, 0.4) is 0 Å². The van der Waals surface area contributed by atoms with Gasteiger partial charge in [0.1, 0.15) is 11.5 Å². The molecule has 4 heteroatoms. The minimum absolute atomic E-state index is 0.113. The summed E-state index contributed by atoms with van der Waals surface area (Å²) >= 11 is 0. The lowest BCUT2D eigenvalue weighted by Gasteiger charge is -2.32. The van der Waals surface area contributed by atoms with E-state index in [9.17, 15) is 4.79 Å². The van der Waals surface area contributed by atoms with Gasteiger partial charge in [-0.2, -0.15) is 0 Å². The van der Waals surface area contributed by atoms with Crippen LogP contribution in [-0.4, -0.2) is 37.6 Å². The second kappa shape index (κ2) is 8.56. The molecule has 0 N–H and O–H groups in total. The van der Waals surface area contributed by atoms with Gasteiger partial charge in [0.15, 0.2) is 0 Å². The summed E-state index contributed by atoms with van der Waals surface area (Å²) in [4.78, 5) is 14.5. The zero-order chi connectivity index (χ0) is 17.5. The lowest BCUT2D eigenvalue weighted by atomic mass is 9.93. The lowest BCUT2D eigenvalue weighted by molar-refractivity contribution is 0.0680. The van der Waals surface area contributed by atoms with Crippen molar-refractivity contribution in [2.45, 2.75) is 19.3 Å². The van der Waals surface area contributed by atoms with Crippen LogP contribution in [0.4, 0.5) is 0 Å². The third kappa shape index (κ3) is 4.75. The number of hydrogen-bond acceptors (Lipinski definition) is 3. The minimum atomic E-state index is 0.113. The summed E-state index contributed by atoms with van der Waals surface area (Å²) in [5.41, 5.74) is 0.728. The van der Waals surface area contributed by atoms with Gasteiger partial charge < -0.3 is 14.4 Å². The molecular formula is C21H25NO3. The SMILES string of the molecule is COc1ccc(C(=O)N2CCC(CCOc3ccccc3)CC2)cc1. The molecule has 1 amide bonds. The molecule has 1 fully saturated rings. The maximum absolute atomic E-state index is 12.6. The number of benzene rings is 2. The number of ether oxygens (including phenoxy) is 2. The smallest absolute Gasteiger partial charge is 0.253 e. The van der Waals surface area contributed by atoms with Gasteiger partial charge in [-0.1, -0.05) is 18.2 Å². The molecule has 4 nitrogen and oxygen atoms in total. The van der Waals surface area contributed by atoms with E-state index < -0.39 is 0 Å². The van der Waals surface area contributed by atoms with Crippen LogP contribution in [0.1, 0.15) is 29.6 Å². The first-order valence-electron chi connectivity index (χ1n) is 8.87. The summed E-state index contributed by atoms with van der Waals surface area (Å²) in [6, 6.07) is 17.3. The molecule has 0 atom stereocenters. The Kier molecular flexibility index (Phi) is 5.94. The standard InChI is InChI=1S/C21H25NO3/c1-24-19-9-7-18(8-10-19)21(23)22-14-11-17(12-15-22)13-16-25-20-5-3-2-4-6-20/h2-10,17H,11-16H2,1H3. The highest BCUT2D eigenvalue weighted by Gasteiger charge is 2.23. The number of carbonyl (C=O) groups is 1. The second-order valence-corrected chi connectivity index (χ2v) is 6.41. The van der Waals surface area contributed by atoms with Crippen LogP contribution in [0.5, 0.6) is 11.5 Å². The molecule has 0 spiro atoms. The third-order valence-electron chi connectivity index (χ3n) is 4.78. The number of piperidine rings is 1. The minimum Gasteiger partial charge on any atom is -0.497 e. The Labute approximate surface area is 149 Å². The van der Waals surface area contributed by atoms with Crippen LogP contribution < -0.4 is 9.47 Å². The van der Waals surface area contributed by atoms with Crippen LogP contribution in [0.2, 0.25) is 0 Å². The predicted molar refractivity (Wildman–Crippen MR) is 98.2 cm³/mol. The van der Waals surface area contributed by atoms with Crippen LogP contribution >= 0.6 is 0 Å². The quantitative estimate of drug-likeness (QED) is 0.798. The Morgan fingerprint density at radius 3 is 2.32 bits per heavy atom. The van der Waals surface area contributed by atoms with E-state index in [4.69, 9.17) is 9.47 Å². The number of carbonyl (C=O) groups excluding carboxylic acids is 1. The fourth-order valence-corrected chi connectivity index (χ4v) is 3.20. The fraction of sp³-hybridized carbons (Fsp3) is 0.381. The molecule has 0 radical (unpaired) electrons. The topological polar surface area (TPSA) is 38.8 Å². The average Bonchev–Trinajstić information content (AvgIpc) is 2.69. The molecule has 132 valence electrons. The van der Waals surface area contributed by atoms with Gasteiger partial charge in [-0.3, -0.25) is 4.79 Å². The van der Waals surface area contributed by atoms with Gasteiger partial charge >= 0.3 is 0 Å². The highest BCUT2D eigenvalue weighted by Crippen LogP contribution is 2.23. The molecule has 0 unspecified atom stereocenters. The zero-order valence-corrected chi connectivity index (χ0v) is 14.7. The van der Waals surface area contributed by atoms with E-state index in [-0.39, 0.29) is 5.91 Å². The van der Waals surface area contributed by atoms with Crippen molar-refractivity contribution in [1.82, 2.24) is 4.90 Å². The molecule has 3 rings (SSSR count). The maximum Gasteiger partial charge on any atom is 0.253 e. The summed E-state index contributed by atoms with van der Waals surface area (Å²) in [5, 5.41) is 0. The Hall–Kier alpha value is -2.49. The molecule has 1 heterocycles. The van der Waals surface area contributed by atoms with Crippen molar-refractivity contribution in [3.63, 3.8) is 0 Å². The highest BCUT2D eigenvalue weighted by atomic mass is 16.5. The van der Waals surface area contributed by atoms with Crippen LogP contribution in [-0.2, 0) is 0 Å². The van der Waals surface area contributed by atoms with Crippen molar-refractivity contribution < 1.29 is 14.3 Å². The fourth-order valence-electron chi connectivity index (χ4n) is 3.20. The Morgan fingerprint density at radius 1 is 1.00 bits per heavy atom. The number of amides is 1.